The highest BCUT2D eigenvalue weighted by molar-refractivity contribution is 7.89. The van der Waals surface area contributed by atoms with Gasteiger partial charge in [0.25, 0.3) is 5.91 Å². The van der Waals surface area contributed by atoms with E-state index in [4.69, 9.17) is 14.2 Å². The zero-order valence-corrected chi connectivity index (χ0v) is 19.3. The van der Waals surface area contributed by atoms with Gasteiger partial charge in [0.2, 0.25) is 16.3 Å². The van der Waals surface area contributed by atoms with Crippen molar-refractivity contribution in [2.75, 3.05) is 40.5 Å². The summed E-state index contributed by atoms with van der Waals surface area (Å²) < 4.78 is 43.8. The summed E-state index contributed by atoms with van der Waals surface area (Å²) in [6.45, 7) is -0.264. The fourth-order valence-corrected chi connectivity index (χ4v) is 5.33. The lowest BCUT2D eigenvalue weighted by molar-refractivity contribution is -0.152. The second kappa shape index (κ2) is 11.1. The van der Waals surface area contributed by atoms with Gasteiger partial charge in [-0.15, -0.1) is 0 Å². The molecule has 9 nitrogen and oxygen atoms in total. The number of nitrogens with zero attached hydrogens (tertiary/aromatic N) is 1. The normalized spacial score (nSPS) is 21.4. The van der Waals surface area contributed by atoms with Gasteiger partial charge in [-0.2, -0.15) is 4.31 Å². The molecule has 0 bridgehead atoms. The molecule has 2 N–H and O–H groups in total. The lowest BCUT2D eigenvalue weighted by Gasteiger charge is -2.37. The van der Waals surface area contributed by atoms with Crippen LogP contribution in [-0.4, -0.2) is 70.5 Å². The molecule has 1 fully saturated rings. The molecule has 1 aliphatic carbocycles. The lowest BCUT2D eigenvalue weighted by Crippen LogP contribution is -2.39. The number of rotatable bonds is 11. The second-order valence-electron chi connectivity index (χ2n) is 7.92. The average molecular weight is 469 g/mol. The van der Waals surface area contributed by atoms with Gasteiger partial charge in [-0.3, -0.25) is 4.79 Å². The molecule has 1 heterocycles. The first-order valence-electron chi connectivity index (χ1n) is 10.9. The van der Waals surface area contributed by atoms with Crippen molar-refractivity contribution in [1.82, 2.24) is 9.62 Å². The second-order valence-corrected chi connectivity index (χ2v) is 9.86. The molecule has 0 unspecified atom stereocenters. The number of carbonyl (C=O) groups is 1. The quantitative estimate of drug-likeness (QED) is 0.506. The van der Waals surface area contributed by atoms with Crippen molar-refractivity contribution in [1.29, 1.82) is 0 Å². The fraction of sp³-hybridized carbons (Fsp3) is 0.591. The number of carbonyl (C=O) groups excluding carboxylic acids is 1. The van der Waals surface area contributed by atoms with E-state index in [9.17, 15) is 18.3 Å². The maximum Gasteiger partial charge on any atom is 0.285 e. The molecule has 1 amide bonds. The number of methoxy groups -OCH3 is 1. The van der Waals surface area contributed by atoms with Gasteiger partial charge in [-0.25, -0.2) is 8.42 Å². The summed E-state index contributed by atoms with van der Waals surface area (Å²) in [6.07, 6.45) is 5.32. The number of ether oxygens (including phenoxy) is 3. The Morgan fingerprint density at radius 3 is 2.53 bits per heavy atom. The standard InChI is InChI=1S/C22H32N2O7S/c1-23-22(26)20-14-17(16-4-3-5-16)15-21(31-20)30-13-11-24(10-12-25)32(27,28)19-8-6-18(29-2)7-9-19/h6-9,14,16-17,21,25H,3-5,10-13,15H2,1-2H3,(H,23,26)/t17-,21+/m0/s1. The Morgan fingerprint density at radius 1 is 1.25 bits per heavy atom. The monoisotopic (exact) mass is 468 g/mol. The van der Waals surface area contributed by atoms with Gasteiger partial charge in [-0.1, -0.05) is 6.42 Å². The molecule has 0 aromatic heterocycles. The van der Waals surface area contributed by atoms with Gasteiger partial charge < -0.3 is 24.6 Å². The van der Waals surface area contributed by atoms with Gasteiger partial charge in [0.1, 0.15) is 5.75 Å². The van der Waals surface area contributed by atoms with E-state index in [2.05, 4.69) is 5.32 Å². The van der Waals surface area contributed by atoms with Crippen molar-refractivity contribution in [2.24, 2.45) is 11.8 Å². The summed E-state index contributed by atoms with van der Waals surface area (Å²) in [7, 11) is -0.763. The number of nitrogens with one attached hydrogen (secondary N) is 1. The topological polar surface area (TPSA) is 114 Å². The van der Waals surface area contributed by atoms with E-state index in [0.29, 0.717) is 18.1 Å². The molecule has 1 aromatic carbocycles. The zero-order valence-electron chi connectivity index (χ0n) is 18.5. The largest absolute Gasteiger partial charge is 0.497 e. The van der Waals surface area contributed by atoms with Gasteiger partial charge in [-0.05, 0) is 55.0 Å². The third-order valence-electron chi connectivity index (χ3n) is 5.99. The van der Waals surface area contributed by atoms with Gasteiger partial charge in [0.05, 0.1) is 25.2 Å². The Kier molecular flexibility index (Phi) is 8.52. The maximum absolute atomic E-state index is 13.0. The van der Waals surface area contributed by atoms with Crippen molar-refractivity contribution in [3.8, 4) is 5.75 Å². The predicted molar refractivity (Wildman–Crippen MR) is 117 cm³/mol. The van der Waals surface area contributed by atoms with Crippen molar-refractivity contribution in [3.05, 3.63) is 36.1 Å². The molecular formula is C22H32N2O7S. The van der Waals surface area contributed by atoms with Crippen LogP contribution in [0.1, 0.15) is 25.7 Å². The number of sulfonamides is 1. The van der Waals surface area contributed by atoms with Crippen molar-refractivity contribution in [3.63, 3.8) is 0 Å². The summed E-state index contributed by atoms with van der Waals surface area (Å²) in [6, 6.07) is 6.08. The number of hydrogen-bond donors (Lipinski definition) is 2. The van der Waals surface area contributed by atoms with E-state index >= 15 is 0 Å². The van der Waals surface area contributed by atoms with Gasteiger partial charge >= 0.3 is 0 Å². The molecular weight excluding hydrogens is 436 g/mol. The summed E-state index contributed by atoms with van der Waals surface area (Å²) in [4.78, 5) is 12.2. The summed E-state index contributed by atoms with van der Waals surface area (Å²) >= 11 is 0. The smallest absolute Gasteiger partial charge is 0.285 e. The molecule has 2 atom stereocenters. The van der Waals surface area contributed by atoms with Gasteiger partial charge in [0, 0.05) is 26.6 Å². The van der Waals surface area contributed by atoms with Crippen LogP contribution in [0.4, 0.5) is 0 Å². The SMILES string of the molecule is CNC(=O)C1=C[C@H](C2CCC2)C[C@H](OCCN(CCO)S(=O)(=O)c2ccc(OC)cc2)O1. The number of amides is 1. The molecule has 0 spiro atoms. The third-order valence-corrected chi connectivity index (χ3v) is 7.90. The number of aliphatic hydroxyl groups is 1. The van der Waals surface area contributed by atoms with Crippen LogP contribution in [0.25, 0.3) is 0 Å². The Labute approximate surface area is 189 Å². The molecule has 1 saturated carbocycles. The molecule has 0 radical (unpaired) electrons. The predicted octanol–water partition coefficient (Wildman–Crippen LogP) is 1.49. The molecule has 3 rings (SSSR count). The molecule has 2 aliphatic rings. The Balaban J connectivity index is 1.62. The fourth-order valence-electron chi connectivity index (χ4n) is 3.91. The van der Waals surface area contributed by atoms with Crippen LogP contribution >= 0.6 is 0 Å². The third kappa shape index (κ3) is 5.80. The minimum absolute atomic E-state index is 0.0436. The van der Waals surface area contributed by atoms with Gasteiger partial charge in [0.15, 0.2) is 5.76 Å². The van der Waals surface area contributed by atoms with Crippen molar-refractivity contribution >= 4 is 15.9 Å². The highest BCUT2D eigenvalue weighted by atomic mass is 32.2. The van der Waals surface area contributed by atoms with Crippen LogP contribution in [-0.2, 0) is 24.3 Å². The number of likely N-dealkylation sites (N-methyl/N-ethyl adjacent to an activating group) is 1. The van der Waals surface area contributed by atoms with Crippen LogP contribution in [0.3, 0.4) is 0 Å². The van der Waals surface area contributed by atoms with Crippen LogP contribution in [0.15, 0.2) is 41.0 Å². The highest BCUT2D eigenvalue weighted by Gasteiger charge is 2.34. The van der Waals surface area contributed by atoms with E-state index in [1.807, 2.05) is 6.08 Å². The van der Waals surface area contributed by atoms with E-state index in [0.717, 1.165) is 12.8 Å². The Bertz CT molecular complexity index is 897. The molecule has 0 saturated heterocycles. The molecule has 1 aliphatic heterocycles. The van der Waals surface area contributed by atoms with E-state index in [1.54, 1.807) is 19.2 Å². The van der Waals surface area contributed by atoms with Crippen LogP contribution in [0.2, 0.25) is 0 Å². The number of hydrogen-bond acceptors (Lipinski definition) is 7. The molecule has 32 heavy (non-hydrogen) atoms. The number of allylic oxidation sites excluding steroid dienone is 1. The van der Waals surface area contributed by atoms with Crippen molar-refractivity contribution < 1.29 is 32.5 Å². The Hall–Kier alpha value is -2.14. The molecule has 1 aromatic rings. The van der Waals surface area contributed by atoms with Crippen LogP contribution in [0, 0.1) is 11.8 Å². The first-order valence-corrected chi connectivity index (χ1v) is 12.3. The lowest BCUT2D eigenvalue weighted by atomic mass is 9.73. The molecule has 10 heteroatoms. The van der Waals surface area contributed by atoms with Crippen molar-refractivity contribution in [2.45, 2.75) is 36.9 Å². The summed E-state index contributed by atoms with van der Waals surface area (Å²) in [5.41, 5.74) is 0. The average Bonchev–Trinajstić information content (AvgIpc) is 2.76. The number of aliphatic hydroxyl groups excluding tert-OH is 1. The molecule has 178 valence electrons. The highest BCUT2D eigenvalue weighted by Crippen LogP contribution is 2.39. The van der Waals surface area contributed by atoms with E-state index in [1.165, 1.54) is 30.0 Å². The van der Waals surface area contributed by atoms with Crippen LogP contribution in [0.5, 0.6) is 5.75 Å². The zero-order chi connectivity index (χ0) is 23.1. The number of benzene rings is 1. The maximum atomic E-state index is 13.0. The minimum Gasteiger partial charge on any atom is -0.497 e. The van der Waals surface area contributed by atoms with E-state index in [-0.39, 0.29) is 48.8 Å². The Morgan fingerprint density at radius 2 is 1.97 bits per heavy atom. The van der Waals surface area contributed by atoms with Crippen LogP contribution < -0.4 is 10.1 Å². The first kappa shape index (κ1) is 24.5. The van der Waals surface area contributed by atoms with E-state index < -0.39 is 16.3 Å². The summed E-state index contributed by atoms with van der Waals surface area (Å²) in [5, 5.41) is 12.0. The minimum atomic E-state index is -3.82. The first-order chi connectivity index (χ1) is 15.4. The summed E-state index contributed by atoms with van der Waals surface area (Å²) in [5.74, 6) is 1.22.